The van der Waals surface area contributed by atoms with Crippen molar-refractivity contribution in [3.05, 3.63) is 64.7 Å². The van der Waals surface area contributed by atoms with Gasteiger partial charge in [0.05, 0.1) is 22.1 Å². The first-order valence-electron chi connectivity index (χ1n) is 6.91. The fourth-order valence-electron chi connectivity index (χ4n) is 2.82. The van der Waals surface area contributed by atoms with Crippen molar-refractivity contribution < 1.29 is 8.42 Å². The lowest BCUT2D eigenvalue weighted by Crippen LogP contribution is -2.10. The first-order chi connectivity index (χ1) is 10.4. The molecule has 3 rings (SSSR count). The zero-order valence-corrected chi connectivity index (χ0v) is 13.5. The molecular weight excluding hydrogens is 318 g/mol. The van der Waals surface area contributed by atoms with Crippen LogP contribution in [0.2, 0.25) is 5.02 Å². The van der Waals surface area contributed by atoms with Crippen LogP contribution in [0.1, 0.15) is 17.0 Å². The second kappa shape index (κ2) is 5.42. The molecule has 0 aliphatic heterocycles. The van der Waals surface area contributed by atoms with Crippen LogP contribution in [0.25, 0.3) is 0 Å². The summed E-state index contributed by atoms with van der Waals surface area (Å²) in [5.74, 6) is -0.834. The Kier molecular flexibility index (Phi) is 3.72. The highest BCUT2D eigenvalue weighted by molar-refractivity contribution is 7.92. The summed E-state index contributed by atoms with van der Waals surface area (Å²) in [5, 5.41) is 9.14. The fourth-order valence-corrected chi connectivity index (χ4v) is 5.09. The van der Waals surface area contributed by atoms with E-state index in [1.807, 2.05) is 13.0 Å². The molecule has 0 radical (unpaired) electrons. The Morgan fingerprint density at radius 2 is 1.82 bits per heavy atom. The zero-order valence-electron chi connectivity index (χ0n) is 11.9. The summed E-state index contributed by atoms with van der Waals surface area (Å²) in [5.41, 5.74) is 1.80. The van der Waals surface area contributed by atoms with Crippen molar-refractivity contribution in [3.63, 3.8) is 0 Å². The minimum absolute atomic E-state index is 0.271. The quantitative estimate of drug-likeness (QED) is 0.861. The number of halogens is 1. The van der Waals surface area contributed by atoms with E-state index < -0.39 is 21.0 Å². The Labute approximate surface area is 135 Å². The average molecular weight is 332 g/mol. The maximum Gasteiger partial charge on any atom is 0.183 e. The third-order valence-corrected chi connectivity index (χ3v) is 6.51. The van der Waals surface area contributed by atoms with Gasteiger partial charge in [0, 0.05) is 10.9 Å². The molecule has 0 unspecified atom stereocenters. The largest absolute Gasteiger partial charge is 0.223 e. The highest BCUT2D eigenvalue weighted by Gasteiger charge is 2.59. The van der Waals surface area contributed by atoms with E-state index in [2.05, 4.69) is 6.07 Å². The van der Waals surface area contributed by atoms with E-state index in [0.29, 0.717) is 5.02 Å². The molecule has 3 atom stereocenters. The van der Waals surface area contributed by atoms with Crippen LogP contribution in [-0.4, -0.2) is 13.7 Å². The van der Waals surface area contributed by atoms with E-state index >= 15 is 0 Å². The predicted molar refractivity (Wildman–Crippen MR) is 85.4 cm³/mol. The number of rotatable bonds is 3. The van der Waals surface area contributed by atoms with Gasteiger partial charge in [0.25, 0.3) is 0 Å². The van der Waals surface area contributed by atoms with Crippen molar-refractivity contribution >= 4 is 21.4 Å². The van der Waals surface area contributed by atoms with Crippen molar-refractivity contribution in [1.29, 1.82) is 5.26 Å². The van der Waals surface area contributed by atoms with Gasteiger partial charge in [-0.05, 0) is 36.8 Å². The summed E-state index contributed by atoms with van der Waals surface area (Å²) < 4.78 is 25.5. The second-order valence-corrected chi connectivity index (χ2v) is 8.10. The maximum absolute atomic E-state index is 12.8. The minimum Gasteiger partial charge on any atom is -0.223 e. The van der Waals surface area contributed by atoms with E-state index in [1.54, 1.807) is 42.5 Å². The van der Waals surface area contributed by atoms with Gasteiger partial charge in [0.2, 0.25) is 0 Å². The molecule has 1 aliphatic carbocycles. The van der Waals surface area contributed by atoms with Gasteiger partial charge in [-0.1, -0.05) is 41.4 Å². The van der Waals surface area contributed by atoms with Crippen LogP contribution >= 0.6 is 11.6 Å². The molecule has 5 heteroatoms. The summed E-state index contributed by atoms with van der Waals surface area (Å²) in [6, 6.07) is 15.9. The Balaban J connectivity index is 1.98. The molecule has 0 aromatic heterocycles. The van der Waals surface area contributed by atoms with Gasteiger partial charge in [0.1, 0.15) is 0 Å². The number of nitriles is 1. The summed E-state index contributed by atoms with van der Waals surface area (Å²) in [4.78, 5) is 0.271. The van der Waals surface area contributed by atoms with Gasteiger partial charge >= 0.3 is 0 Å². The average Bonchev–Trinajstić information content (AvgIpc) is 3.23. The van der Waals surface area contributed by atoms with Crippen LogP contribution in [0.3, 0.4) is 0 Å². The molecule has 0 spiro atoms. The smallest absolute Gasteiger partial charge is 0.183 e. The molecular formula is C17H14ClNO2S. The molecule has 0 heterocycles. The van der Waals surface area contributed by atoms with Crippen LogP contribution in [0.15, 0.2) is 53.4 Å². The SMILES string of the molecule is Cc1ccc(S(=O)(=O)[C@H]2[C@H](C#N)[C@@H]2c2cccc(Cl)c2)cc1. The molecule has 0 amide bonds. The van der Waals surface area contributed by atoms with E-state index in [9.17, 15) is 13.7 Å². The summed E-state index contributed by atoms with van der Waals surface area (Å²) in [6.45, 7) is 1.90. The van der Waals surface area contributed by atoms with Crippen molar-refractivity contribution in [2.75, 3.05) is 0 Å². The van der Waals surface area contributed by atoms with Gasteiger partial charge in [0.15, 0.2) is 9.84 Å². The Hall–Kier alpha value is -1.83. The number of hydrogen-bond acceptors (Lipinski definition) is 3. The Morgan fingerprint density at radius 1 is 1.14 bits per heavy atom. The minimum atomic E-state index is -3.52. The van der Waals surface area contributed by atoms with E-state index in [1.165, 1.54) is 0 Å². The number of hydrogen-bond donors (Lipinski definition) is 0. The highest BCUT2D eigenvalue weighted by atomic mass is 35.5. The second-order valence-electron chi connectivity index (χ2n) is 5.56. The maximum atomic E-state index is 12.8. The van der Waals surface area contributed by atoms with Gasteiger partial charge in [-0.25, -0.2) is 8.42 Å². The van der Waals surface area contributed by atoms with E-state index in [4.69, 9.17) is 11.6 Å². The lowest BCUT2D eigenvalue weighted by Gasteiger charge is -2.05. The lowest BCUT2D eigenvalue weighted by atomic mass is 10.1. The summed E-state index contributed by atoms with van der Waals surface area (Å²) >= 11 is 5.97. The molecule has 1 aliphatic rings. The first kappa shape index (κ1) is 15.1. The fraction of sp³-hybridized carbons (Fsp3) is 0.235. The normalized spacial score (nSPS) is 23.8. The Bertz CT molecular complexity index is 853. The lowest BCUT2D eigenvalue weighted by molar-refractivity contribution is 0.593. The molecule has 112 valence electrons. The van der Waals surface area contributed by atoms with Gasteiger partial charge in [-0.3, -0.25) is 0 Å². The molecule has 1 fully saturated rings. The number of aryl methyl sites for hydroxylation is 1. The van der Waals surface area contributed by atoms with Gasteiger partial charge < -0.3 is 0 Å². The van der Waals surface area contributed by atoms with Gasteiger partial charge in [-0.2, -0.15) is 5.26 Å². The monoisotopic (exact) mass is 331 g/mol. The molecule has 0 saturated heterocycles. The molecule has 0 N–H and O–H groups in total. The molecule has 0 bridgehead atoms. The van der Waals surface area contributed by atoms with Crippen molar-refractivity contribution in [2.45, 2.75) is 23.0 Å². The van der Waals surface area contributed by atoms with Crippen molar-refractivity contribution in [2.24, 2.45) is 5.92 Å². The third kappa shape index (κ3) is 2.51. The van der Waals surface area contributed by atoms with Crippen LogP contribution in [0, 0.1) is 24.2 Å². The van der Waals surface area contributed by atoms with Crippen molar-refractivity contribution in [3.8, 4) is 6.07 Å². The van der Waals surface area contributed by atoms with Gasteiger partial charge in [-0.15, -0.1) is 0 Å². The summed E-state index contributed by atoms with van der Waals surface area (Å²) in [6.07, 6.45) is 0. The molecule has 2 aromatic carbocycles. The zero-order chi connectivity index (χ0) is 15.9. The summed E-state index contributed by atoms with van der Waals surface area (Å²) in [7, 11) is -3.52. The molecule has 2 aromatic rings. The first-order valence-corrected chi connectivity index (χ1v) is 8.83. The van der Waals surface area contributed by atoms with Crippen LogP contribution in [0.4, 0.5) is 0 Å². The topological polar surface area (TPSA) is 57.9 Å². The Morgan fingerprint density at radius 3 is 2.41 bits per heavy atom. The number of nitrogens with zero attached hydrogens (tertiary/aromatic N) is 1. The number of sulfone groups is 1. The van der Waals surface area contributed by atoms with Crippen molar-refractivity contribution in [1.82, 2.24) is 0 Å². The molecule has 1 saturated carbocycles. The third-order valence-electron chi connectivity index (χ3n) is 4.04. The molecule has 3 nitrogen and oxygen atoms in total. The van der Waals surface area contributed by atoms with Crippen LogP contribution in [0.5, 0.6) is 0 Å². The highest BCUT2D eigenvalue weighted by Crippen LogP contribution is 2.53. The van der Waals surface area contributed by atoms with Crippen LogP contribution < -0.4 is 0 Å². The van der Waals surface area contributed by atoms with Crippen LogP contribution in [-0.2, 0) is 9.84 Å². The number of benzene rings is 2. The van der Waals surface area contributed by atoms with E-state index in [0.717, 1.165) is 11.1 Å². The van der Waals surface area contributed by atoms with E-state index in [-0.39, 0.29) is 10.8 Å². The molecule has 22 heavy (non-hydrogen) atoms. The predicted octanol–water partition coefficient (Wildman–Crippen LogP) is 3.73. The standard InChI is InChI=1S/C17H14ClNO2S/c1-11-5-7-14(8-6-11)22(20,21)17-15(10-19)16(17)12-3-2-4-13(18)9-12/h2-9,15-17H,1H3/t15-,16+,17+/m1/s1.